The summed E-state index contributed by atoms with van der Waals surface area (Å²) >= 11 is 0. The summed E-state index contributed by atoms with van der Waals surface area (Å²) in [6, 6.07) is 0. The minimum Gasteiger partial charge on any atom is -0.396 e. The number of rotatable bonds is 3. The lowest BCUT2D eigenvalue weighted by Gasteiger charge is -1.85. The Balaban J connectivity index is 0. The number of aliphatic hydroxyl groups is 1. The lowest BCUT2D eigenvalue weighted by atomic mass is 10.2. The van der Waals surface area contributed by atoms with Crippen molar-refractivity contribution in [3.63, 3.8) is 0 Å². The number of hydrogen-bond acceptors (Lipinski definition) is 3. The molecule has 4 nitrogen and oxygen atoms in total. The lowest BCUT2D eigenvalue weighted by molar-refractivity contribution is 0.285. The summed E-state index contributed by atoms with van der Waals surface area (Å²) in [6.45, 7) is 0.266. The van der Waals surface area contributed by atoms with E-state index >= 15 is 0 Å². The SMILES string of the molecule is C#CCCCCO.CS(=O)(=O)O. The average Bonchev–Trinajstić information content (AvgIpc) is 1.85. The quantitative estimate of drug-likeness (QED) is 0.384. The maximum atomic E-state index is 9.19. The molecule has 0 amide bonds. The molecule has 0 aromatic carbocycles. The zero-order chi connectivity index (χ0) is 10.0. The van der Waals surface area contributed by atoms with Crippen LogP contribution in [0.1, 0.15) is 19.3 Å². The highest BCUT2D eigenvalue weighted by Crippen LogP contribution is 1.89. The van der Waals surface area contributed by atoms with Crippen LogP contribution in [0.2, 0.25) is 0 Å². The maximum Gasteiger partial charge on any atom is 0.261 e. The fourth-order valence-electron chi connectivity index (χ4n) is 0.339. The van der Waals surface area contributed by atoms with Crippen LogP contribution in [0.4, 0.5) is 0 Å². The molecule has 0 atom stereocenters. The van der Waals surface area contributed by atoms with Crippen LogP contribution in [-0.4, -0.2) is 30.9 Å². The molecule has 0 aromatic rings. The van der Waals surface area contributed by atoms with Crippen molar-refractivity contribution in [2.24, 2.45) is 0 Å². The molecule has 12 heavy (non-hydrogen) atoms. The third-order valence-electron chi connectivity index (χ3n) is 0.729. The van der Waals surface area contributed by atoms with Crippen LogP contribution >= 0.6 is 0 Å². The predicted octanol–water partition coefficient (Wildman–Crippen LogP) is 0.286. The van der Waals surface area contributed by atoms with Gasteiger partial charge in [-0.15, -0.1) is 12.3 Å². The minimum atomic E-state index is -3.67. The second-order valence-electron chi connectivity index (χ2n) is 2.12. The van der Waals surface area contributed by atoms with Crippen LogP contribution in [0.25, 0.3) is 0 Å². The highest BCUT2D eigenvalue weighted by Gasteiger charge is 1.81. The van der Waals surface area contributed by atoms with Crippen molar-refractivity contribution >= 4 is 10.1 Å². The standard InChI is InChI=1S/C6H10O.CH4O3S/c1-2-3-4-5-6-7;1-5(2,3)4/h1,7H,3-6H2;1H3,(H,2,3,4). The van der Waals surface area contributed by atoms with E-state index in [9.17, 15) is 8.42 Å². The summed E-state index contributed by atoms with van der Waals surface area (Å²) in [5.41, 5.74) is 0. The maximum absolute atomic E-state index is 9.19. The molecule has 5 heteroatoms. The number of aliphatic hydroxyl groups excluding tert-OH is 1. The Morgan fingerprint density at radius 3 is 2.08 bits per heavy atom. The Morgan fingerprint density at radius 1 is 1.42 bits per heavy atom. The lowest BCUT2D eigenvalue weighted by Crippen LogP contribution is -1.88. The molecule has 0 rings (SSSR count). The van der Waals surface area contributed by atoms with Gasteiger partial charge in [-0.3, -0.25) is 4.55 Å². The normalized spacial score (nSPS) is 9.50. The molecule has 0 aliphatic carbocycles. The van der Waals surface area contributed by atoms with Crippen LogP contribution in [0.3, 0.4) is 0 Å². The van der Waals surface area contributed by atoms with Crippen molar-refractivity contribution in [3.8, 4) is 12.3 Å². The zero-order valence-corrected chi connectivity index (χ0v) is 7.84. The van der Waals surface area contributed by atoms with Gasteiger partial charge in [-0.25, -0.2) is 0 Å². The highest BCUT2D eigenvalue weighted by atomic mass is 32.2. The zero-order valence-electron chi connectivity index (χ0n) is 7.02. The van der Waals surface area contributed by atoms with Crippen molar-refractivity contribution in [1.82, 2.24) is 0 Å². The molecule has 0 unspecified atom stereocenters. The van der Waals surface area contributed by atoms with Crippen molar-refractivity contribution in [2.45, 2.75) is 19.3 Å². The molecule has 0 aliphatic rings. The molecule has 0 saturated carbocycles. The first kappa shape index (κ1) is 14.0. The number of hydrogen-bond donors (Lipinski definition) is 2. The fourth-order valence-corrected chi connectivity index (χ4v) is 0.339. The molecule has 2 N–H and O–H groups in total. The van der Waals surface area contributed by atoms with E-state index in [-0.39, 0.29) is 6.61 Å². The van der Waals surface area contributed by atoms with Crippen molar-refractivity contribution < 1.29 is 18.1 Å². The van der Waals surface area contributed by atoms with Crippen molar-refractivity contribution in [1.29, 1.82) is 0 Å². The van der Waals surface area contributed by atoms with Gasteiger partial charge in [0.05, 0.1) is 6.26 Å². The summed E-state index contributed by atoms with van der Waals surface area (Å²) in [4.78, 5) is 0. The Labute approximate surface area is 73.4 Å². The van der Waals surface area contributed by atoms with E-state index in [0.29, 0.717) is 6.26 Å². The van der Waals surface area contributed by atoms with Crippen molar-refractivity contribution in [2.75, 3.05) is 12.9 Å². The van der Waals surface area contributed by atoms with Gasteiger partial charge >= 0.3 is 0 Å². The minimum absolute atomic E-state index is 0.266. The first-order valence-corrected chi connectivity index (χ1v) is 5.23. The average molecular weight is 194 g/mol. The van der Waals surface area contributed by atoms with Crippen LogP contribution in [-0.2, 0) is 10.1 Å². The summed E-state index contributed by atoms with van der Waals surface area (Å²) in [6.07, 6.45) is 8.23. The molecule has 0 heterocycles. The second kappa shape index (κ2) is 8.53. The van der Waals surface area contributed by atoms with E-state index in [1.54, 1.807) is 0 Å². The third kappa shape index (κ3) is 57.0. The van der Waals surface area contributed by atoms with Gasteiger partial charge < -0.3 is 5.11 Å². The summed E-state index contributed by atoms with van der Waals surface area (Å²) < 4.78 is 25.9. The molecule has 0 aliphatic heterocycles. The highest BCUT2D eigenvalue weighted by molar-refractivity contribution is 7.85. The van der Waals surface area contributed by atoms with Gasteiger partial charge in [0.1, 0.15) is 0 Å². The van der Waals surface area contributed by atoms with Gasteiger partial charge in [-0.05, 0) is 12.8 Å². The van der Waals surface area contributed by atoms with E-state index in [2.05, 4.69) is 5.92 Å². The van der Waals surface area contributed by atoms with Gasteiger partial charge in [0.25, 0.3) is 10.1 Å². The van der Waals surface area contributed by atoms with Gasteiger partial charge in [-0.1, -0.05) is 0 Å². The molecule has 0 saturated heterocycles. The smallest absolute Gasteiger partial charge is 0.261 e. The number of terminal acetylenes is 1. The molecule has 0 radical (unpaired) electrons. The van der Waals surface area contributed by atoms with E-state index < -0.39 is 10.1 Å². The Morgan fingerprint density at radius 2 is 1.83 bits per heavy atom. The summed E-state index contributed by atoms with van der Waals surface area (Å²) in [7, 11) is -3.67. The van der Waals surface area contributed by atoms with E-state index in [0.717, 1.165) is 19.3 Å². The van der Waals surface area contributed by atoms with Crippen LogP contribution < -0.4 is 0 Å². The van der Waals surface area contributed by atoms with Gasteiger partial charge in [0.2, 0.25) is 0 Å². The van der Waals surface area contributed by atoms with E-state index in [1.165, 1.54) is 0 Å². The first-order valence-electron chi connectivity index (χ1n) is 3.38. The molecular formula is C7H14O4S. The van der Waals surface area contributed by atoms with Crippen LogP contribution in [0.5, 0.6) is 0 Å². The Kier molecular flexibility index (Phi) is 9.93. The van der Waals surface area contributed by atoms with Gasteiger partial charge in [-0.2, -0.15) is 8.42 Å². The topological polar surface area (TPSA) is 74.6 Å². The second-order valence-corrected chi connectivity index (χ2v) is 3.58. The third-order valence-corrected chi connectivity index (χ3v) is 0.729. The predicted molar refractivity (Wildman–Crippen MR) is 47.2 cm³/mol. The first-order chi connectivity index (χ1) is 5.41. The van der Waals surface area contributed by atoms with Crippen LogP contribution in [0.15, 0.2) is 0 Å². The summed E-state index contributed by atoms with van der Waals surface area (Å²) in [5, 5.41) is 8.22. The molecular weight excluding hydrogens is 180 g/mol. The molecule has 0 spiro atoms. The molecule has 0 fully saturated rings. The Bertz CT molecular complexity index is 204. The van der Waals surface area contributed by atoms with Crippen molar-refractivity contribution in [3.05, 3.63) is 0 Å². The largest absolute Gasteiger partial charge is 0.396 e. The monoisotopic (exact) mass is 194 g/mol. The van der Waals surface area contributed by atoms with E-state index in [4.69, 9.17) is 16.1 Å². The van der Waals surface area contributed by atoms with Gasteiger partial charge in [0, 0.05) is 13.0 Å². The van der Waals surface area contributed by atoms with E-state index in [1.807, 2.05) is 0 Å². The number of unbranched alkanes of at least 4 members (excludes halogenated alkanes) is 2. The molecule has 72 valence electrons. The Hall–Kier alpha value is -0.570. The molecule has 0 bridgehead atoms. The van der Waals surface area contributed by atoms with Crippen LogP contribution in [0, 0.1) is 12.3 Å². The molecule has 0 aromatic heterocycles. The van der Waals surface area contributed by atoms with Gasteiger partial charge in [0.15, 0.2) is 0 Å². The summed E-state index contributed by atoms with van der Waals surface area (Å²) in [5.74, 6) is 2.49. The fraction of sp³-hybridized carbons (Fsp3) is 0.714.